The zero-order valence-electron chi connectivity index (χ0n) is 16.5. The molecule has 152 valence electrons. The van der Waals surface area contributed by atoms with Gasteiger partial charge in [-0.15, -0.1) is 0 Å². The van der Waals surface area contributed by atoms with Crippen molar-refractivity contribution in [3.63, 3.8) is 0 Å². The minimum absolute atomic E-state index is 0.193. The number of esters is 1. The number of benzene rings is 2. The van der Waals surface area contributed by atoms with Gasteiger partial charge in [0.15, 0.2) is 0 Å². The van der Waals surface area contributed by atoms with E-state index in [1.807, 2.05) is 6.07 Å². The van der Waals surface area contributed by atoms with Crippen LogP contribution in [0.4, 0.5) is 5.69 Å². The van der Waals surface area contributed by atoms with Crippen molar-refractivity contribution in [3.8, 4) is 17.7 Å². The third-order valence-electron chi connectivity index (χ3n) is 4.59. The standard InChI is InChI=1S/C22H18ClN3O4/c1-13-18(21(27)25-17-7-5-16(23)6-8-17)11-20(26(13)2)30-22(28)14-4-9-19(29-3)15(10-14)12-24/h4-11H,1-3H3,(H,25,27). The molecule has 0 aliphatic heterocycles. The minimum Gasteiger partial charge on any atom is -0.495 e. The number of nitriles is 1. The lowest BCUT2D eigenvalue weighted by atomic mass is 10.1. The Hall–Kier alpha value is -3.76. The summed E-state index contributed by atoms with van der Waals surface area (Å²) in [5.74, 6) is -0.429. The maximum atomic E-state index is 12.6. The fraction of sp³-hybridized carbons (Fsp3) is 0.136. The van der Waals surface area contributed by atoms with Crippen LogP contribution in [0.25, 0.3) is 0 Å². The summed E-state index contributed by atoms with van der Waals surface area (Å²) in [6.45, 7) is 1.75. The summed E-state index contributed by atoms with van der Waals surface area (Å²) in [6.07, 6.45) is 0. The molecule has 0 aliphatic carbocycles. The van der Waals surface area contributed by atoms with E-state index in [1.54, 1.807) is 42.8 Å². The molecule has 0 saturated heterocycles. The van der Waals surface area contributed by atoms with E-state index < -0.39 is 5.97 Å². The number of carbonyl (C=O) groups is 2. The zero-order valence-corrected chi connectivity index (χ0v) is 17.3. The quantitative estimate of drug-likeness (QED) is 0.616. The lowest BCUT2D eigenvalue weighted by molar-refractivity contribution is 0.0721. The van der Waals surface area contributed by atoms with E-state index >= 15 is 0 Å². The molecular weight excluding hydrogens is 406 g/mol. The van der Waals surface area contributed by atoms with Crippen LogP contribution in [0.15, 0.2) is 48.5 Å². The summed E-state index contributed by atoms with van der Waals surface area (Å²) < 4.78 is 12.1. The highest BCUT2D eigenvalue weighted by atomic mass is 35.5. The molecule has 3 rings (SSSR count). The molecule has 0 fully saturated rings. The number of aromatic nitrogens is 1. The second-order valence-electron chi connectivity index (χ2n) is 6.42. The molecule has 0 spiro atoms. The number of ether oxygens (including phenoxy) is 2. The molecule has 1 amide bonds. The van der Waals surface area contributed by atoms with Gasteiger partial charge in [0, 0.05) is 29.5 Å². The molecule has 2 aromatic carbocycles. The maximum absolute atomic E-state index is 12.6. The molecular formula is C22H18ClN3O4. The van der Waals surface area contributed by atoms with Gasteiger partial charge >= 0.3 is 5.97 Å². The molecule has 1 aromatic heterocycles. The van der Waals surface area contributed by atoms with Crippen LogP contribution in [-0.2, 0) is 7.05 Å². The lowest BCUT2D eigenvalue weighted by Gasteiger charge is -2.08. The average molecular weight is 424 g/mol. The fourth-order valence-electron chi connectivity index (χ4n) is 2.81. The van der Waals surface area contributed by atoms with Crippen molar-refractivity contribution >= 4 is 29.2 Å². The van der Waals surface area contributed by atoms with Crippen LogP contribution in [0.3, 0.4) is 0 Å². The molecule has 3 aromatic rings. The van der Waals surface area contributed by atoms with Crippen LogP contribution in [0.5, 0.6) is 11.6 Å². The second kappa shape index (κ2) is 8.72. The van der Waals surface area contributed by atoms with Gasteiger partial charge in [0.2, 0.25) is 5.88 Å². The van der Waals surface area contributed by atoms with Crippen molar-refractivity contribution in [2.75, 3.05) is 12.4 Å². The number of anilines is 1. The third-order valence-corrected chi connectivity index (χ3v) is 4.84. The number of halogens is 1. The highest BCUT2D eigenvalue weighted by Gasteiger charge is 2.20. The van der Waals surface area contributed by atoms with Gasteiger partial charge in [-0.25, -0.2) is 4.79 Å². The molecule has 30 heavy (non-hydrogen) atoms. The van der Waals surface area contributed by atoms with Gasteiger partial charge in [-0.3, -0.25) is 4.79 Å². The summed E-state index contributed by atoms with van der Waals surface area (Å²) in [4.78, 5) is 25.2. The Labute approximate surface area is 178 Å². The van der Waals surface area contributed by atoms with E-state index in [9.17, 15) is 14.9 Å². The number of rotatable bonds is 5. The molecule has 1 N–H and O–H groups in total. The predicted molar refractivity (Wildman–Crippen MR) is 112 cm³/mol. The Morgan fingerprint density at radius 2 is 1.83 bits per heavy atom. The van der Waals surface area contributed by atoms with E-state index in [4.69, 9.17) is 21.1 Å². The van der Waals surface area contributed by atoms with Gasteiger partial charge in [-0.2, -0.15) is 5.26 Å². The Kier molecular flexibility index (Phi) is 6.09. The molecule has 0 radical (unpaired) electrons. The summed E-state index contributed by atoms with van der Waals surface area (Å²) in [7, 11) is 3.13. The van der Waals surface area contributed by atoms with Crippen LogP contribution in [0.2, 0.25) is 5.02 Å². The molecule has 8 heteroatoms. The van der Waals surface area contributed by atoms with Crippen molar-refractivity contribution < 1.29 is 19.1 Å². The first-order valence-electron chi connectivity index (χ1n) is 8.87. The first-order valence-corrected chi connectivity index (χ1v) is 9.25. The predicted octanol–water partition coefficient (Wildman–Crippen LogP) is 4.34. The number of carbonyl (C=O) groups excluding carboxylic acids is 2. The Morgan fingerprint density at radius 3 is 2.47 bits per heavy atom. The van der Waals surface area contributed by atoms with E-state index in [2.05, 4.69) is 5.32 Å². The van der Waals surface area contributed by atoms with E-state index in [0.717, 1.165) is 0 Å². The van der Waals surface area contributed by atoms with Crippen LogP contribution in [0, 0.1) is 18.3 Å². The SMILES string of the molecule is COc1ccc(C(=O)Oc2cc(C(=O)Nc3ccc(Cl)cc3)c(C)n2C)cc1C#N. The average Bonchev–Trinajstić information content (AvgIpc) is 3.03. The zero-order chi connectivity index (χ0) is 21.8. The Morgan fingerprint density at radius 1 is 1.13 bits per heavy atom. The van der Waals surface area contributed by atoms with Crippen molar-refractivity contribution in [1.29, 1.82) is 5.26 Å². The summed E-state index contributed by atoms with van der Waals surface area (Å²) >= 11 is 5.86. The normalized spacial score (nSPS) is 10.2. The van der Waals surface area contributed by atoms with Gasteiger partial charge in [-0.05, 0) is 49.4 Å². The molecule has 0 saturated carbocycles. The highest BCUT2D eigenvalue weighted by molar-refractivity contribution is 6.30. The number of nitrogens with zero attached hydrogens (tertiary/aromatic N) is 2. The van der Waals surface area contributed by atoms with Crippen LogP contribution < -0.4 is 14.8 Å². The minimum atomic E-state index is -0.653. The molecule has 7 nitrogen and oxygen atoms in total. The Bertz CT molecular complexity index is 1160. The van der Waals surface area contributed by atoms with Crippen molar-refractivity contribution in [1.82, 2.24) is 4.57 Å². The molecule has 0 atom stereocenters. The van der Waals surface area contributed by atoms with Crippen molar-refractivity contribution in [3.05, 3.63) is 75.9 Å². The number of methoxy groups -OCH3 is 1. The number of amides is 1. The van der Waals surface area contributed by atoms with Crippen molar-refractivity contribution in [2.45, 2.75) is 6.92 Å². The van der Waals surface area contributed by atoms with Gasteiger partial charge in [0.25, 0.3) is 5.91 Å². The monoisotopic (exact) mass is 423 g/mol. The van der Waals surface area contributed by atoms with Gasteiger partial charge < -0.3 is 19.4 Å². The summed E-state index contributed by atoms with van der Waals surface area (Å²) in [5.41, 5.74) is 1.99. The lowest BCUT2D eigenvalue weighted by Crippen LogP contribution is -2.12. The van der Waals surface area contributed by atoms with Gasteiger partial charge in [-0.1, -0.05) is 11.6 Å². The fourth-order valence-corrected chi connectivity index (χ4v) is 2.93. The third kappa shape index (κ3) is 4.29. The first-order chi connectivity index (χ1) is 14.3. The number of hydrogen-bond donors (Lipinski definition) is 1. The van der Waals surface area contributed by atoms with E-state index in [1.165, 1.54) is 31.4 Å². The highest BCUT2D eigenvalue weighted by Crippen LogP contribution is 2.25. The largest absolute Gasteiger partial charge is 0.495 e. The molecule has 0 bridgehead atoms. The van der Waals surface area contributed by atoms with Crippen molar-refractivity contribution in [2.24, 2.45) is 7.05 Å². The Balaban J connectivity index is 1.81. The van der Waals surface area contributed by atoms with Crippen LogP contribution in [0.1, 0.15) is 32.0 Å². The van der Waals surface area contributed by atoms with Gasteiger partial charge in [0.05, 0.1) is 23.8 Å². The topological polar surface area (TPSA) is 93.3 Å². The van der Waals surface area contributed by atoms with E-state index in [0.29, 0.717) is 27.7 Å². The van der Waals surface area contributed by atoms with Gasteiger partial charge in [0.1, 0.15) is 11.8 Å². The van der Waals surface area contributed by atoms with Crippen LogP contribution in [-0.4, -0.2) is 23.6 Å². The second-order valence-corrected chi connectivity index (χ2v) is 6.85. The smallest absolute Gasteiger partial charge is 0.344 e. The molecule has 1 heterocycles. The molecule has 0 aliphatic rings. The van der Waals surface area contributed by atoms with Crippen LogP contribution >= 0.6 is 11.6 Å². The van der Waals surface area contributed by atoms with E-state index in [-0.39, 0.29) is 22.9 Å². The number of hydrogen-bond acceptors (Lipinski definition) is 5. The first kappa shape index (κ1) is 21.0. The summed E-state index contributed by atoms with van der Waals surface area (Å²) in [5, 5.41) is 12.5. The number of nitrogens with one attached hydrogen (secondary N) is 1. The molecule has 0 unspecified atom stereocenters. The summed E-state index contributed by atoms with van der Waals surface area (Å²) in [6, 6.07) is 14.6. The maximum Gasteiger partial charge on any atom is 0.344 e.